The van der Waals surface area contributed by atoms with E-state index in [1.807, 2.05) is 6.92 Å². The number of rotatable bonds is 7. The maximum atomic E-state index is 11.8. The fourth-order valence-corrected chi connectivity index (χ4v) is 1.94. The van der Waals surface area contributed by atoms with E-state index in [0.717, 1.165) is 12.8 Å². The van der Waals surface area contributed by atoms with E-state index < -0.39 is 9.84 Å². The molecule has 1 unspecified atom stereocenters. The van der Waals surface area contributed by atoms with Crippen molar-refractivity contribution < 1.29 is 13.2 Å². The number of nitrogens with two attached hydrogens (primary N) is 1. The van der Waals surface area contributed by atoms with Crippen LogP contribution in [0.1, 0.15) is 19.8 Å². The highest BCUT2D eigenvalue weighted by atomic mass is 32.2. The molecule has 16 heavy (non-hydrogen) atoms. The maximum Gasteiger partial charge on any atom is 0.225 e. The van der Waals surface area contributed by atoms with Gasteiger partial charge in [-0.15, -0.1) is 0 Å². The Bertz CT molecular complexity index is 314. The van der Waals surface area contributed by atoms with Crippen molar-refractivity contribution in [3.8, 4) is 0 Å². The minimum Gasteiger partial charge on any atom is -0.345 e. The smallest absolute Gasteiger partial charge is 0.225 e. The second-order valence-corrected chi connectivity index (χ2v) is 6.48. The number of sulfone groups is 1. The lowest BCUT2D eigenvalue weighted by atomic mass is 10.0. The Hall–Kier alpha value is -0.620. The SMILES string of the molecule is CC(CCCN)C(=O)N(C)CCS(C)(=O)=O. The summed E-state index contributed by atoms with van der Waals surface area (Å²) in [4.78, 5) is 13.2. The summed E-state index contributed by atoms with van der Waals surface area (Å²) in [6.07, 6.45) is 2.73. The predicted octanol–water partition coefficient (Wildman–Crippen LogP) is -0.136. The second kappa shape index (κ2) is 6.85. The fourth-order valence-electron chi connectivity index (χ4n) is 1.34. The van der Waals surface area contributed by atoms with E-state index in [1.54, 1.807) is 7.05 Å². The average molecular weight is 250 g/mol. The number of carbonyl (C=O) groups excluding carboxylic acids is 1. The zero-order chi connectivity index (χ0) is 12.8. The average Bonchev–Trinajstić information content (AvgIpc) is 2.20. The molecule has 96 valence electrons. The van der Waals surface area contributed by atoms with E-state index in [2.05, 4.69) is 0 Å². The highest BCUT2D eigenvalue weighted by Gasteiger charge is 2.17. The first-order valence-corrected chi connectivity index (χ1v) is 7.46. The van der Waals surface area contributed by atoms with Gasteiger partial charge in [-0.3, -0.25) is 4.79 Å². The van der Waals surface area contributed by atoms with E-state index in [1.165, 1.54) is 11.2 Å². The molecule has 0 spiro atoms. The van der Waals surface area contributed by atoms with Gasteiger partial charge >= 0.3 is 0 Å². The predicted molar refractivity (Wildman–Crippen MR) is 64.8 cm³/mol. The fraction of sp³-hybridized carbons (Fsp3) is 0.900. The van der Waals surface area contributed by atoms with Gasteiger partial charge in [-0.1, -0.05) is 6.92 Å². The summed E-state index contributed by atoms with van der Waals surface area (Å²) in [5, 5.41) is 0. The van der Waals surface area contributed by atoms with Gasteiger partial charge in [-0.05, 0) is 19.4 Å². The van der Waals surface area contributed by atoms with Crippen molar-refractivity contribution in [1.29, 1.82) is 0 Å². The van der Waals surface area contributed by atoms with Crippen molar-refractivity contribution in [3.63, 3.8) is 0 Å². The summed E-state index contributed by atoms with van der Waals surface area (Å²) in [5.74, 6) is -0.0935. The monoisotopic (exact) mass is 250 g/mol. The highest BCUT2D eigenvalue weighted by molar-refractivity contribution is 7.90. The summed E-state index contributed by atoms with van der Waals surface area (Å²) >= 11 is 0. The van der Waals surface area contributed by atoms with Crippen LogP contribution in [-0.4, -0.2) is 51.4 Å². The molecule has 0 fully saturated rings. The molecule has 0 radical (unpaired) electrons. The van der Waals surface area contributed by atoms with Gasteiger partial charge in [0.05, 0.1) is 5.75 Å². The van der Waals surface area contributed by atoms with Crippen LogP contribution in [0.2, 0.25) is 0 Å². The molecule has 0 aliphatic carbocycles. The standard InChI is InChI=1S/C10H22N2O3S/c1-9(5-4-6-11)10(13)12(2)7-8-16(3,14)15/h9H,4-8,11H2,1-3H3. The van der Waals surface area contributed by atoms with Crippen molar-refractivity contribution in [2.24, 2.45) is 11.7 Å². The van der Waals surface area contributed by atoms with Gasteiger partial charge in [0.1, 0.15) is 9.84 Å². The van der Waals surface area contributed by atoms with Crippen LogP contribution in [-0.2, 0) is 14.6 Å². The zero-order valence-corrected chi connectivity index (χ0v) is 11.1. The molecular formula is C10H22N2O3S. The molecule has 0 aromatic rings. The minimum atomic E-state index is -3.01. The lowest BCUT2D eigenvalue weighted by Crippen LogP contribution is -2.35. The normalized spacial score (nSPS) is 13.5. The Morgan fingerprint density at radius 3 is 2.44 bits per heavy atom. The van der Waals surface area contributed by atoms with Gasteiger partial charge in [0.2, 0.25) is 5.91 Å². The molecule has 0 rings (SSSR count). The van der Waals surface area contributed by atoms with E-state index in [0.29, 0.717) is 6.54 Å². The second-order valence-electron chi connectivity index (χ2n) is 4.22. The van der Waals surface area contributed by atoms with Gasteiger partial charge in [0.25, 0.3) is 0 Å². The molecule has 0 aliphatic heterocycles. The molecule has 0 aliphatic rings. The van der Waals surface area contributed by atoms with Crippen LogP contribution in [0.5, 0.6) is 0 Å². The van der Waals surface area contributed by atoms with E-state index in [-0.39, 0.29) is 24.1 Å². The number of carbonyl (C=O) groups is 1. The summed E-state index contributed by atoms with van der Waals surface area (Å²) in [5.41, 5.74) is 5.36. The molecule has 1 atom stereocenters. The summed E-state index contributed by atoms with van der Waals surface area (Å²) < 4.78 is 21.9. The molecule has 0 aromatic heterocycles. The van der Waals surface area contributed by atoms with Crippen molar-refractivity contribution in [2.75, 3.05) is 32.1 Å². The largest absolute Gasteiger partial charge is 0.345 e. The Morgan fingerprint density at radius 1 is 1.44 bits per heavy atom. The van der Waals surface area contributed by atoms with Crippen molar-refractivity contribution >= 4 is 15.7 Å². The highest BCUT2D eigenvalue weighted by Crippen LogP contribution is 2.08. The summed E-state index contributed by atoms with van der Waals surface area (Å²) in [6, 6.07) is 0. The first-order valence-electron chi connectivity index (χ1n) is 5.40. The first kappa shape index (κ1) is 15.4. The van der Waals surface area contributed by atoms with E-state index in [9.17, 15) is 13.2 Å². The third-order valence-corrected chi connectivity index (χ3v) is 3.36. The maximum absolute atomic E-state index is 11.8. The lowest BCUT2D eigenvalue weighted by Gasteiger charge is -2.20. The third-order valence-electron chi connectivity index (χ3n) is 2.44. The van der Waals surface area contributed by atoms with Crippen molar-refractivity contribution in [2.45, 2.75) is 19.8 Å². The lowest BCUT2D eigenvalue weighted by molar-refractivity contribution is -0.133. The molecule has 2 N–H and O–H groups in total. The van der Waals surface area contributed by atoms with Crippen LogP contribution >= 0.6 is 0 Å². The van der Waals surface area contributed by atoms with Gasteiger partial charge in [-0.25, -0.2) is 8.42 Å². The molecule has 0 saturated heterocycles. The topological polar surface area (TPSA) is 80.5 Å². The molecule has 0 bridgehead atoms. The van der Waals surface area contributed by atoms with Crippen LogP contribution in [0.15, 0.2) is 0 Å². The van der Waals surface area contributed by atoms with Crippen molar-refractivity contribution in [3.05, 3.63) is 0 Å². The van der Waals surface area contributed by atoms with Crippen molar-refractivity contribution in [1.82, 2.24) is 4.90 Å². The van der Waals surface area contributed by atoms with E-state index >= 15 is 0 Å². The third kappa shape index (κ3) is 6.79. The van der Waals surface area contributed by atoms with E-state index in [4.69, 9.17) is 5.73 Å². The minimum absolute atomic E-state index is 0.0127. The quantitative estimate of drug-likeness (QED) is 0.682. The van der Waals surface area contributed by atoms with Gasteiger partial charge in [0, 0.05) is 25.8 Å². The number of amides is 1. The molecule has 0 heterocycles. The molecule has 0 saturated carbocycles. The summed E-state index contributed by atoms with van der Waals surface area (Å²) in [7, 11) is -1.38. The van der Waals surface area contributed by atoms with Gasteiger partial charge in [-0.2, -0.15) is 0 Å². The molecule has 1 amide bonds. The van der Waals surface area contributed by atoms with Crippen LogP contribution < -0.4 is 5.73 Å². The molecule has 6 heteroatoms. The first-order chi connectivity index (χ1) is 7.28. The van der Waals surface area contributed by atoms with Crippen LogP contribution in [0.3, 0.4) is 0 Å². The molecular weight excluding hydrogens is 228 g/mol. The van der Waals surface area contributed by atoms with Gasteiger partial charge in [0.15, 0.2) is 0 Å². The molecule has 0 aromatic carbocycles. The number of hydrogen-bond acceptors (Lipinski definition) is 4. The Labute approximate surface area is 97.9 Å². The molecule has 5 nitrogen and oxygen atoms in total. The Morgan fingerprint density at radius 2 is 2.00 bits per heavy atom. The van der Waals surface area contributed by atoms with Crippen LogP contribution in [0.4, 0.5) is 0 Å². The number of nitrogens with zero attached hydrogens (tertiary/aromatic N) is 1. The van der Waals surface area contributed by atoms with Crippen LogP contribution in [0.25, 0.3) is 0 Å². The Kier molecular flexibility index (Phi) is 6.59. The van der Waals surface area contributed by atoms with Gasteiger partial charge < -0.3 is 10.6 Å². The summed E-state index contributed by atoms with van der Waals surface area (Å²) in [6.45, 7) is 2.67. The van der Waals surface area contributed by atoms with Crippen LogP contribution in [0, 0.1) is 5.92 Å². The zero-order valence-electron chi connectivity index (χ0n) is 10.3. The Balaban J connectivity index is 4.07. The number of hydrogen-bond donors (Lipinski definition) is 1.